The summed E-state index contributed by atoms with van der Waals surface area (Å²) in [6.07, 6.45) is 7.08. The molecule has 0 aromatic heterocycles. The summed E-state index contributed by atoms with van der Waals surface area (Å²) in [5.41, 5.74) is 0. The van der Waals surface area contributed by atoms with Crippen molar-refractivity contribution >= 4 is 0 Å². The van der Waals surface area contributed by atoms with Crippen LogP contribution >= 0.6 is 0 Å². The first-order valence-corrected chi connectivity index (χ1v) is 7.14. The van der Waals surface area contributed by atoms with Crippen molar-refractivity contribution in [1.82, 2.24) is 4.90 Å². The smallest absolute Gasteiger partial charge is 0.0639 e. The van der Waals surface area contributed by atoms with Crippen LogP contribution in [0.3, 0.4) is 0 Å². The van der Waals surface area contributed by atoms with Crippen LogP contribution in [0, 0.1) is 0 Å². The second-order valence-corrected chi connectivity index (χ2v) is 5.23. The molecule has 0 rings (SSSR count). The van der Waals surface area contributed by atoms with E-state index in [-0.39, 0.29) is 12.2 Å². The molecule has 0 saturated carbocycles. The first-order valence-electron chi connectivity index (χ1n) is 7.14. The number of hydrogen-bond acceptors (Lipinski definition) is 3. The molecule has 0 aliphatic carbocycles. The summed E-state index contributed by atoms with van der Waals surface area (Å²) in [5, 5.41) is 18.8. The van der Waals surface area contributed by atoms with Crippen molar-refractivity contribution in [2.75, 3.05) is 19.6 Å². The van der Waals surface area contributed by atoms with Crippen molar-refractivity contribution in [1.29, 1.82) is 0 Å². The molecule has 3 heteroatoms. The van der Waals surface area contributed by atoms with E-state index < -0.39 is 0 Å². The maximum absolute atomic E-state index is 9.39. The maximum Gasteiger partial charge on any atom is 0.0639 e. The van der Waals surface area contributed by atoms with E-state index in [1.807, 2.05) is 0 Å². The Labute approximate surface area is 107 Å². The van der Waals surface area contributed by atoms with Crippen molar-refractivity contribution in [3.05, 3.63) is 0 Å². The second-order valence-electron chi connectivity index (χ2n) is 5.23. The van der Waals surface area contributed by atoms with Crippen LogP contribution in [0.25, 0.3) is 0 Å². The first-order chi connectivity index (χ1) is 8.06. The number of nitrogens with zero attached hydrogens (tertiary/aromatic N) is 1. The Morgan fingerprint density at radius 3 is 1.76 bits per heavy atom. The number of hydrogen-bond donors (Lipinski definition) is 2. The Morgan fingerprint density at radius 2 is 1.29 bits per heavy atom. The Bertz CT molecular complexity index is 150. The highest BCUT2D eigenvalue weighted by Crippen LogP contribution is 2.06. The number of aliphatic hydroxyl groups excluding tert-OH is 2. The molecule has 0 heterocycles. The summed E-state index contributed by atoms with van der Waals surface area (Å²) in [7, 11) is 0. The average Bonchev–Trinajstić information content (AvgIpc) is 2.21. The monoisotopic (exact) mass is 245 g/mol. The molecule has 0 fully saturated rings. The highest BCUT2D eigenvalue weighted by atomic mass is 16.3. The molecule has 0 spiro atoms. The largest absolute Gasteiger partial charge is 0.392 e. The predicted octanol–water partition coefficient (Wildman–Crippen LogP) is 2.41. The van der Waals surface area contributed by atoms with Gasteiger partial charge in [-0.2, -0.15) is 0 Å². The van der Waals surface area contributed by atoms with E-state index >= 15 is 0 Å². The maximum atomic E-state index is 9.39. The summed E-state index contributed by atoms with van der Waals surface area (Å²) in [5.74, 6) is 0. The Kier molecular flexibility index (Phi) is 10.9. The number of rotatable bonds is 11. The van der Waals surface area contributed by atoms with E-state index in [4.69, 9.17) is 0 Å². The third kappa shape index (κ3) is 12.1. The van der Waals surface area contributed by atoms with Gasteiger partial charge >= 0.3 is 0 Å². The zero-order chi connectivity index (χ0) is 13.1. The molecule has 0 amide bonds. The predicted molar refractivity (Wildman–Crippen MR) is 73.2 cm³/mol. The lowest BCUT2D eigenvalue weighted by molar-refractivity contribution is 0.0825. The molecule has 2 atom stereocenters. The van der Waals surface area contributed by atoms with E-state index in [0.717, 1.165) is 6.54 Å². The van der Waals surface area contributed by atoms with Crippen molar-refractivity contribution in [2.45, 2.75) is 71.5 Å². The molecular weight excluding hydrogens is 214 g/mol. The van der Waals surface area contributed by atoms with Gasteiger partial charge in [0.2, 0.25) is 0 Å². The zero-order valence-electron chi connectivity index (χ0n) is 11.9. The summed E-state index contributed by atoms with van der Waals surface area (Å²) in [6.45, 7) is 8.15. The van der Waals surface area contributed by atoms with Crippen molar-refractivity contribution < 1.29 is 10.2 Å². The van der Waals surface area contributed by atoms with E-state index in [2.05, 4.69) is 11.8 Å². The van der Waals surface area contributed by atoms with E-state index in [0.29, 0.717) is 13.1 Å². The summed E-state index contributed by atoms with van der Waals surface area (Å²) in [6, 6.07) is 0. The molecule has 0 unspecified atom stereocenters. The molecular formula is C14H31NO2. The molecule has 0 radical (unpaired) electrons. The Balaban J connectivity index is 3.60. The SMILES string of the molecule is CCCCCCCCN(C[C@@H](C)O)C[C@@H](C)O. The van der Waals surface area contributed by atoms with Crippen LogP contribution in [0.4, 0.5) is 0 Å². The molecule has 0 aromatic carbocycles. The minimum Gasteiger partial charge on any atom is -0.392 e. The molecule has 3 nitrogen and oxygen atoms in total. The highest BCUT2D eigenvalue weighted by molar-refractivity contribution is 4.64. The number of aliphatic hydroxyl groups is 2. The van der Waals surface area contributed by atoms with Crippen LogP contribution in [0.2, 0.25) is 0 Å². The molecule has 104 valence electrons. The van der Waals surface area contributed by atoms with Crippen LogP contribution in [0.5, 0.6) is 0 Å². The average molecular weight is 245 g/mol. The van der Waals surface area contributed by atoms with Crippen LogP contribution < -0.4 is 0 Å². The van der Waals surface area contributed by atoms with E-state index in [1.54, 1.807) is 13.8 Å². The lowest BCUT2D eigenvalue weighted by Crippen LogP contribution is -2.36. The van der Waals surface area contributed by atoms with Gasteiger partial charge in [-0.3, -0.25) is 4.90 Å². The normalized spacial score (nSPS) is 15.2. The van der Waals surface area contributed by atoms with Crippen molar-refractivity contribution in [3.8, 4) is 0 Å². The molecule has 0 saturated heterocycles. The molecule has 17 heavy (non-hydrogen) atoms. The number of unbranched alkanes of at least 4 members (excludes halogenated alkanes) is 5. The molecule has 0 aliphatic rings. The van der Waals surface area contributed by atoms with Gasteiger partial charge < -0.3 is 10.2 Å². The fraction of sp³-hybridized carbons (Fsp3) is 1.00. The van der Waals surface area contributed by atoms with Crippen molar-refractivity contribution in [2.24, 2.45) is 0 Å². The molecule has 0 aliphatic heterocycles. The van der Waals surface area contributed by atoms with Gasteiger partial charge in [-0.15, -0.1) is 0 Å². The summed E-state index contributed by atoms with van der Waals surface area (Å²) < 4.78 is 0. The van der Waals surface area contributed by atoms with Gasteiger partial charge in [0.05, 0.1) is 12.2 Å². The lowest BCUT2D eigenvalue weighted by atomic mass is 10.1. The van der Waals surface area contributed by atoms with Crippen molar-refractivity contribution in [3.63, 3.8) is 0 Å². The van der Waals surface area contributed by atoms with E-state index in [1.165, 1.54) is 38.5 Å². The highest BCUT2D eigenvalue weighted by Gasteiger charge is 2.10. The molecule has 2 N–H and O–H groups in total. The van der Waals surface area contributed by atoms with Gasteiger partial charge in [0, 0.05) is 13.1 Å². The third-order valence-corrected chi connectivity index (χ3v) is 2.87. The van der Waals surface area contributed by atoms with E-state index in [9.17, 15) is 10.2 Å². The standard InChI is InChI=1S/C14H31NO2/c1-4-5-6-7-8-9-10-15(11-13(2)16)12-14(3)17/h13-14,16-17H,4-12H2,1-3H3/t13-,14-/m1/s1. The summed E-state index contributed by atoms with van der Waals surface area (Å²) >= 11 is 0. The fourth-order valence-corrected chi connectivity index (χ4v) is 2.12. The molecule has 0 bridgehead atoms. The minimum atomic E-state index is -0.311. The lowest BCUT2D eigenvalue weighted by Gasteiger charge is -2.24. The van der Waals surface area contributed by atoms with Gasteiger partial charge in [0.1, 0.15) is 0 Å². The van der Waals surface area contributed by atoms with Crippen LogP contribution in [-0.2, 0) is 0 Å². The fourth-order valence-electron chi connectivity index (χ4n) is 2.12. The summed E-state index contributed by atoms with van der Waals surface area (Å²) in [4.78, 5) is 2.16. The zero-order valence-corrected chi connectivity index (χ0v) is 11.9. The third-order valence-electron chi connectivity index (χ3n) is 2.87. The quantitative estimate of drug-likeness (QED) is 0.549. The van der Waals surface area contributed by atoms with Gasteiger partial charge in [-0.25, -0.2) is 0 Å². The van der Waals surface area contributed by atoms with Gasteiger partial charge in [0.15, 0.2) is 0 Å². The Morgan fingerprint density at radius 1 is 0.824 bits per heavy atom. The van der Waals surface area contributed by atoms with Crippen LogP contribution in [-0.4, -0.2) is 47.0 Å². The van der Waals surface area contributed by atoms with Crippen LogP contribution in [0.15, 0.2) is 0 Å². The van der Waals surface area contributed by atoms with Gasteiger partial charge in [0.25, 0.3) is 0 Å². The molecule has 0 aromatic rings. The topological polar surface area (TPSA) is 43.7 Å². The minimum absolute atomic E-state index is 0.311. The van der Waals surface area contributed by atoms with Crippen LogP contribution in [0.1, 0.15) is 59.3 Å². The Hall–Kier alpha value is -0.120. The van der Waals surface area contributed by atoms with Gasteiger partial charge in [-0.1, -0.05) is 39.0 Å². The second kappa shape index (κ2) is 11.0. The van der Waals surface area contributed by atoms with Gasteiger partial charge in [-0.05, 0) is 26.8 Å². The first kappa shape index (κ1) is 16.9.